The van der Waals surface area contributed by atoms with Crippen LogP contribution >= 0.6 is 0 Å². The Morgan fingerprint density at radius 3 is 2.50 bits per heavy atom. The van der Waals surface area contributed by atoms with Gasteiger partial charge in [0.05, 0.1) is 6.61 Å². The van der Waals surface area contributed by atoms with Crippen LogP contribution in [0.25, 0.3) is 0 Å². The van der Waals surface area contributed by atoms with Crippen LogP contribution in [-0.4, -0.2) is 42.9 Å². The summed E-state index contributed by atoms with van der Waals surface area (Å²) in [6, 6.07) is 0. The molecule has 0 aromatic carbocycles. The Labute approximate surface area is 107 Å². The molecule has 1 heterocycles. The van der Waals surface area contributed by atoms with Gasteiger partial charge in [-0.15, -0.1) is 0 Å². The highest BCUT2D eigenvalue weighted by atomic mass is 16.6. The van der Waals surface area contributed by atoms with Crippen LogP contribution < -0.4 is 10.6 Å². The van der Waals surface area contributed by atoms with E-state index in [1.54, 1.807) is 27.7 Å². The lowest BCUT2D eigenvalue weighted by Crippen LogP contribution is -2.57. The zero-order valence-electron chi connectivity index (χ0n) is 11.5. The first kappa shape index (κ1) is 14.8. The first-order valence-electron chi connectivity index (χ1n) is 6.18. The molecule has 0 spiro atoms. The Hall–Kier alpha value is -1.30. The molecule has 6 nitrogen and oxygen atoms in total. The van der Waals surface area contributed by atoms with Crippen LogP contribution in [0.1, 0.15) is 34.1 Å². The molecule has 1 aliphatic rings. The summed E-state index contributed by atoms with van der Waals surface area (Å²) in [6.45, 7) is 8.38. The molecular weight excluding hydrogens is 236 g/mol. The van der Waals surface area contributed by atoms with Gasteiger partial charge in [-0.2, -0.15) is 0 Å². The van der Waals surface area contributed by atoms with Gasteiger partial charge in [0.1, 0.15) is 5.60 Å². The lowest BCUT2D eigenvalue weighted by Gasteiger charge is -2.28. The molecule has 0 unspecified atom stereocenters. The van der Waals surface area contributed by atoms with Crippen molar-refractivity contribution in [3.05, 3.63) is 0 Å². The molecule has 0 radical (unpaired) electrons. The van der Waals surface area contributed by atoms with Gasteiger partial charge in [-0.25, -0.2) is 9.59 Å². The molecule has 2 N–H and O–H groups in total. The summed E-state index contributed by atoms with van der Waals surface area (Å²) in [5, 5.41) is 5.68. The molecule has 0 aliphatic carbocycles. The maximum atomic E-state index is 11.9. The Morgan fingerprint density at radius 2 is 2.06 bits per heavy atom. The van der Waals surface area contributed by atoms with Crippen molar-refractivity contribution in [2.75, 3.05) is 19.7 Å². The summed E-state index contributed by atoms with van der Waals surface area (Å²) in [6.07, 6.45) is -0.0929. The quantitative estimate of drug-likeness (QED) is 0.732. The normalized spacial score (nSPS) is 23.6. The van der Waals surface area contributed by atoms with Gasteiger partial charge in [-0.3, -0.25) is 0 Å². The summed E-state index contributed by atoms with van der Waals surface area (Å²) in [7, 11) is 0. The van der Waals surface area contributed by atoms with E-state index < -0.39 is 23.2 Å². The standard InChI is InChI=1S/C12H22N2O4/c1-5-17-9(15)12(6-7-13-8-12)14-10(16)18-11(2,3)4/h13H,5-8H2,1-4H3,(H,14,16)/t12-/m1/s1. The molecule has 6 heteroatoms. The fourth-order valence-corrected chi connectivity index (χ4v) is 1.79. The third-order valence-corrected chi connectivity index (χ3v) is 2.56. The summed E-state index contributed by atoms with van der Waals surface area (Å²) in [5.41, 5.74) is -1.59. The van der Waals surface area contributed by atoms with Gasteiger partial charge in [-0.1, -0.05) is 0 Å². The van der Waals surface area contributed by atoms with Gasteiger partial charge in [0.15, 0.2) is 5.54 Å². The number of alkyl carbamates (subject to hydrolysis) is 1. The molecule has 0 aromatic heterocycles. The number of amides is 1. The van der Waals surface area contributed by atoms with Gasteiger partial charge in [0.25, 0.3) is 0 Å². The largest absolute Gasteiger partial charge is 0.464 e. The minimum absolute atomic E-state index is 0.288. The molecule has 18 heavy (non-hydrogen) atoms. The third kappa shape index (κ3) is 3.87. The smallest absolute Gasteiger partial charge is 0.408 e. The zero-order chi connectivity index (χ0) is 13.8. The molecule has 1 aliphatic heterocycles. The van der Waals surface area contributed by atoms with Gasteiger partial charge >= 0.3 is 12.1 Å². The molecule has 1 fully saturated rings. The second kappa shape index (κ2) is 5.56. The minimum Gasteiger partial charge on any atom is -0.464 e. The predicted octanol–water partition coefficient (Wildman–Crippen LogP) is 0.806. The molecular formula is C12H22N2O4. The number of nitrogens with one attached hydrogen (secondary N) is 2. The molecule has 0 saturated carbocycles. The van der Waals surface area contributed by atoms with Crippen molar-refractivity contribution in [1.82, 2.24) is 10.6 Å². The van der Waals surface area contributed by atoms with E-state index >= 15 is 0 Å². The summed E-state index contributed by atoms with van der Waals surface area (Å²) in [4.78, 5) is 23.7. The van der Waals surface area contributed by atoms with Crippen LogP contribution in [0.5, 0.6) is 0 Å². The fraction of sp³-hybridized carbons (Fsp3) is 0.833. The van der Waals surface area contributed by atoms with E-state index in [1.165, 1.54) is 0 Å². The van der Waals surface area contributed by atoms with Gasteiger partial charge < -0.3 is 20.1 Å². The van der Waals surface area contributed by atoms with E-state index in [0.717, 1.165) is 0 Å². The van der Waals surface area contributed by atoms with E-state index in [9.17, 15) is 9.59 Å². The summed E-state index contributed by atoms with van der Waals surface area (Å²) < 4.78 is 10.2. The summed E-state index contributed by atoms with van der Waals surface area (Å²) >= 11 is 0. The topological polar surface area (TPSA) is 76.7 Å². The fourth-order valence-electron chi connectivity index (χ4n) is 1.79. The number of ether oxygens (including phenoxy) is 2. The first-order valence-corrected chi connectivity index (χ1v) is 6.18. The van der Waals surface area contributed by atoms with Crippen molar-refractivity contribution in [3.8, 4) is 0 Å². The summed E-state index contributed by atoms with van der Waals surface area (Å²) in [5.74, 6) is -0.416. The number of hydrogen-bond donors (Lipinski definition) is 2. The van der Waals surface area contributed by atoms with Crippen molar-refractivity contribution in [2.24, 2.45) is 0 Å². The Kier molecular flexibility index (Phi) is 4.56. The van der Waals surface area contributed by atoms with Crippen LogP contribution in [0.3, 0.4) is 0 Å². The first-order chi connectivity index (χ1) is 8.29. The maximum Gasteiger partial charge on any atom is 0.408 e. The van der Waals surface area contributed by atoms with Crippen LogP contribution in [0, 0.1) is 0 Å². The Morgan fingerprint density at radius 1 is 1.39 bits per heavy atom. The van der Waals surface area contributed by atoms with Crippen molar-refractivity contribution in [1.29, 1.82) is 0 Å². The van der Waals surface area contributed by atoms with E-state index in [4.69, 9.17) is 9.47 Å². The predicted molar refractivity (Wildman–Crippen MR) is 66.2 cm³/mol. The second-order valence-electron chi connectivity index (χ2n) is 5.36. The zero-order valence-corrected chi connectivity index (χ0v) is 11.5. The number of carbonyl (C=O) groups excluding carboxylic acids is 2. The molecule has 1 saturated heterocycles. The average molecular weight is 258 g/mol. The molecule has 104 valence electrons. The number of rotatable bonds is 3. The third-order valence-electron chi connectivity index (χ3n) is 2.56. The molecule has 0 bridgehead atoms. The van der Waals surface area contributed by atoms with Crippen molar-refractivity contribution in [2.45, 2.75) is 45.3 Å². The number of carbonyl (C=O) groups is 2. The van der Waals surface area contributed by atoms with E-state index in [-0.39, 0.29) is 6.61 Å². The van der Waals surface area contributed by atoms with Crippen LogP contribution in [-0.2, 0) is 14.3 Å². The van der Waals surface area contributed by atoms with Crippen LogP contribution in [0.15, 0.2) is 0 Å². The Balaban J connectivity index is 2.69. The molecule has 1 atom stereocenters. The lowest BCUT2D eigenvalue weighted by atomic mass is 9.99. The monoisotopic (exact) mass is 258 g/mol. The second-order valence-corrected chi connectivity index (χ2v) is 5.36. The highest BCUT2D eigenvalue weighted by Gasteiger charge is 2.44. The maximum absolute atomic E-state index is 11.9. The van der Waals surface area contributed by atoms with Gasteiger partial charge in [0.2, 0.25) is 0 Å². The van der Waals surface area contributed by atoms with E-state index in [0.29, 0.717) is 19.5 Å². The highest BCUT2D eigenvalue weighted by Crippen LogP contribution is 2.18. The van der Waals surface area contributed by atoms with Crippen LogP contribution in [0.2, 0.25) is 0 Å². The minimum atomic E-state index is -1.00. The SMILES string of the molecule is CCOC(=O)[C@@]1(NC(=O)OC(C)(C)C)CCNC1. The van der Waals surface area contributed by atoms with E-state index in [1.807, 2.05) is 0 Å². The van der Waals surface area contributed by atoms with Crippen molar-refractivity contribution in [3.63, 3.8) is 0 Å². The number of hydrogen-bond acceptors (Lipinski definition) is 5. The van der Waals surface area contributed by atoms with Gasteiger partial charge in [0, 0.05) is 6.54 Å². The van der Waals surface area contributed by atoms with Gasteiger partial charge in [-0.05, 0) is 40.7 Å². The molecule has 1 rings (SSSR count). The van der Waals surface area contributed by atoms with Crippen LogP contribution in [0.4, 0.5) is 4.79 Å². The number of esters is 1. The molecule has 0 aromatic rings. The highest BCUT2D eigenvalue weighted by molar-refractivity contribution is 5.86. The van der Waals surface area contributed by atoms with Crippen molar-refractivity contribution >= 4 is 12.1 Å². The molecule has 1 amide bonds. The average Bonchev–Trinajstić information content (AvgIpc) is 2.64. The van der Waals surface area contributed by atoms with Crippen molar-refractivity contribution < 1.29 is 19.1 Å². The lowest BCUT2D eigenvalue weighted by molar-refractivity contribution is -0.150. The van der Waals surface area contributed by atoms with E-state index in [2.05, 4.69) is 10.6 Å². The Bertz CT molecular complexity index is 317.